The minimum Gasteiger partial charge on any atom is -0.367 e. The van der Waals surface area contributed by atoms with E-state index >= 15 is 0 Å². The maximum absolute atomic E-state index is 12.2. The Hall–Kier alpha value is -1.78. The smallest absolute Gasteiger partial charge is 0.255 e. The molecule has 0 spiro atoms. The van der Waals surface area contributed by atoms with Gasteiger partial charge < -0.3 is 14.8 Å². The first-order valence-corrected chi connectivity index (χ1v) is 7.07. The number of aromatic nitrogens is 1. The second-order valence-electron chi connectivity index (χ2n) is 6.51. The highest BCUT2D eigenvalue weighted by Gasteiger charge is 2.27. The van der Waals surface area contributed by atoms with Crippen LogP contribution >= 0.6 is 0 Å². The van der Waals surface area contributed by atoms with Crippen molar-refractivity contribution in [2.75, 3.05) is 26.2 Å². The molecule has 5 heteroatoms. The minimum absolute atomic E-state index is 0.00909. The molecule has 0 saturated carbocycles. The number of aromatic amines is 1. The average Bonchev–Trinajstić information content (AvgIpc) is 2.90. The summed E-state index contributed by atoms with van der Waals surface area (Å²) in [6, 6.07) is 1.78. The molecule has 1 fully saturated rings. The van der Waals surface area contributed by atoms with Gasteiger partial charge in [0.1, 0.15) is 0 Å². The summed E-state index contributed by atoms with van der Waals surface area (Å²) in [6.07, 6.45) is 4.01. The number of nitrogens with zero attached hydrogens (tertiary/aromatic N) is 2. The second-order valence-corrected chi connectivity index (χ2v) is 6.51. The number of hydrogen-bond donors (Lipinski definition) is 1. The van der Waals surface area contributed by atoms with Gasteiger partial charge >= 0.3 is 0 Å². The summed E-state index contributed by atoms with van der Waals surface area (Å²) in [5.74, 6) is 0.223. The number of rotatable bonds is 2. The number of piperazine rings is 1. The van der Waals surface area contributed by atoms with Crippen LogP contribution in [0.2, 0.25) is 0 Å². The predicted molar refractivity (Wildman–Crippen MR) is 77.3 cm³/mol. The van der Waals surface area contributed by atoms with Crippen LogP contribution in [0.1, 0.15) is 37.6 Å². The van der Waals surface area contributed by atoms with Crippen molar-refractivity contribution in [2.24, 2.45) is 5.41 Å². The van der Waals surface area contributed by atoms with Crippen LogP contribution in [0.4, 0.5) is 0 Å². The Bertz CT molecular complexity index is 466. The van der Waals surface area contributed by atoms with Crippen molar-refractivity contribution in [3.63, 3.8) is 0 Å². The number of nitrogens with one attached hydrogen (secondary N) is 1. The van der Waals surface area contributed by atoms with E-state index in [0.29, 0.717) is 38.2 Å². The predicted octanol–water partition coefficient (Wildman–Crippen LogP) is 1.74. The molecular formula is C15H23N3O2. The fourth-order valence-corrected chi connectivity index (χ4v) is 2.36. The first-order valence-electron chi connectivity index (χ1n) is 7.07. The zero-order valence-corrected chi connectivity index (χ0v) is 12.5. The Kier molecular flexibility index (Phi) is 4.16. The van der Waals surface area contributed by atoms with E-state index in [1.54, 1.807) is 18.5 Å². The summed E-state index contributed by atoms with van der Waals surface area (Å²) >= 11 is 0. The molecule has 2 amide bonds. The summed E-state index contributed by atoms with van der Waals surface area (Å²) in [4.78, 5) is 30.9. The molecule has 1 aromatic rings. The Morgan fingerprint density at radius 3 is 2.25 bits per heavy atom. The third-order valence-electron chi connectivity index (χ3n) is 3.45. The van der Waals surface area contributed by atoms with Crippen LogP contribution in [0.15, 0.2) is 18.5 Å². The van der Waals surface area contributed by atoms with E-state index in [2.05, 4.69) is 25.8 Å². The molecule has 1 aliphatic heterocycles. The molecule has 5 nitrogen and oxygen atoms in total. The van der Waals surface area contributed by atoms with Crippen LogP contribution in [-0.2, 0) is 4.79 Å². The monoisotopic (exact) mass is 277 g/mol. The Labute approximate surface area is 119 Å². The van der Waals surface area contributed by atoms with E-state index in [-0.39, 0.29) is 17.2 Å². The molecule has 0 bridgehead atoms. The average molecular weight is 277 g/mol. The SMILES string of the molecule is CC(C)(C)CC(=O)N1CCN(C(=O)c2cc[nH]c2)CC1. The number of carbonyl (C=O) groups excluding carboxylic acids is 2. The first-order chi connectivity index (χ1) is 9.37. The van der Waals surface area contributed by atoms with Gasteiger partial charge in [-0.25, -0.2) is 0 Å². The molecule has 0 radical (unpaired) electrons. The van der Waals surface area contributed by atoms with Gasteiger partial charge in [-0.05, 0) is 11.5 Å². The zero-order chi connectivity index (χ0) is 14.8. The molecule has 0 atom stereocenters. The summed E-state index contributed by atoms with van der Waals surface area (Å²) in [6.45, 7) is 8.68. The molecule has 20 heavy (non-hydrogen) atoms. The van der Waals surface area contributed by atoms with Gasteiger partial charge in [-0.1, -0.05) is 20.8 Å². The van der Waals surface area contributed by atoms with Gasteiger partial charge in [0.2, 0.25) is 5.91 Å². The van der Waals surface area contributed by atoms with Crippen molar-refractivity contribution in [2.45, 2.75) is 27.2 Å². The summed E-state index contributed by atoms with van der Waals surface area (Å²) in [5, 5.41) is 0. The highest BCUT2D eigenvalue weighted by atomic mass is 16.2. The lowest BCUT2D eigenvalue weighted by Crippen LogP contribution is -2.51. The van der Waals surface area contributed by atoms with E-state index in [1.807, 2.05) is 9.80 Å². The highest BCUT2D eigenvalue weighted by molar-refractivity contribution is 5.94. The van der Waals surface area contributed by atoms with E-state index in [1.165, 1.54) is 0 Å². The highest BCUT2D eigenvalue weighted by Crippen LogP contribution is 2.20. The Morgan fingerprint density at radius 2 is 1.75 bits per heavy atom. The number of amides is 2. The van der Waals surface area contributed by atoms with Gasteiger partial charge in [0.05, 0.1) is 5.56 Å². The fraction of sp³-hybridized carbons (Fsp3) is 0.600. The Balaban J connectivity index is 1.86. The fourth-order valence-electron chi connectivity index (χ4n) is 2.36. The van der Waals surface area contributed by atoms with Crippen LogP contribution in [0.5, 0.6) is 0 Å². The molecule has 1 aliphatic rings. The van der Waals surface area contributed by atoms with Gasteiger partial charge in [0.25, 0.3) is 5.91 Å². The standard InChI is InChI=1S/C15H23N3O2/c1-15(2,3)10-13(19)17-6-8-18(9-7-17)14(20)12-4-5-16-11-12/h4-5,11,16H,6-10H2,1-3H3. The molecule has 2 rings (SSSR count). The lowest BCUT2D eigenvalue weighted by Gasteiger charge is -2.35. The molecule has 1 N–H and O–H groups in total. The third kappa shape index (κ3) is 3.62. The van der Waals surface area contributed by atoms with E-state index in [0.717, 1.165) is 0 Å². The molecule has 110 valence electrons. The molecular weight excluding hydrogens is 254 g/mol. The van der Waals surface area contributed by atoms with E-state index in [9.17, 15) is 9.59 Å². The van der Waals surface area contributed by atoms with Crippen molar-refractivity contribution < 1.29 is 9.59 Å². The maximum Gasteiger partial charge on any atom is 0.255 e. The quantitative estimate of drug-likeness (QED) is 0.895. The number of hydrogen-bond acceptors (Lipinski definition) is 2. The van der Waals surface area contributed by atoms with Gasteiger partial charge in [-0.3, -0.25) is 9.59 Å². The van der Waals surface area contributed by atoms with Crippen molar-refractivity contribution >= 4 is 11.8 Å². The van der Waals surface area contributed by atoms with Gasteiger partial charge in [-0.15, -0.1) is 0 Å². The van der Waals surface area contributed by atoms with Crippen LogP contribution in [-0.4, -0.2) is 52.8 Å². The largest absolute Gasteiger partial charge is 0.367 e. The number of H-pyrrole nitrogens is 1. The zero-order valence-electron chi connectivity index (χ0n) is 12.5. The van der Waals surface area contributed by atoms with Crippen molar-refractivity contribution in [1.29, 1.82) is 0 Å². The van der Waals surface area contributed by atoms with Gasteiger partial charge in [-0.2, -0.15) is 0 Å². The molecule has 1 aromatic heterocycles. The lowest BCUT2D eigenvalue weighted by molar-refractivity contribution is -0.134. The summed E-state index contributed by atoms with van der Waals surface area (Å²) < 4.78 is 0. The van der Waals surface area contributed by atoms with Crippen molar-refractivity contribution in [3.05, 3.63) is 24.0 Å². The topological polar surface area (TPSA) is 56.4 Å². The summed E-state index contributed by atoms with van der Waals surface area (Å²) in [7, 11) is 0. The minimum atomic E-state index is 0.00909. The van der Waals surface area contributed by atoms with Crippen LogP contribution < -0.4 is 0 Å². The normalized spacial score (nSPS) is 16.4. The molecule has 0 unspecified atom stereocenters. The number of carbonyl (C=O) groups is 2. The van der Waals surface area contributed by atoms with Gasteiger partial charge in [0.15, 0.2) is 0 Å². The van der Waals surface area contributed by atoms with Crippen LogP contribution in [0.3, 0.4) is 0 Å². The van der Waals surface area contributed by atoms with Crippen molar-refractivity contribution in [1.82, 2.24) is 14.8 Å². The summed E-state index contributed by atoms with van der Waals surface area (Å²) in [5.41, 5.74) is 0.689. The van der Waals surface area contributed by atoms with Crippen LogP contribution in [0.25, 0.3) is 0 Å². The van der Waals surface area contributed by atoms with E-state index < -0.39 is 0 Å². The Morgan fingerprint density at radius 1 is 1.15 bits per heavy atom. The van der Waals surface area contributed by atoms with Crippen molar-refractivity contribution in [3.8, 4) is 0 Å². The molecule has 0 aliphatic carbocycles. The second kappa shape index (κ2) is 5.69. The van der Waals surface area contributed by atoms with Crippen LogP contribution in [0, 0.1) is 5.41 Å². The first kappa shape index (κ1) is 14.6. The molecule has 2 heterocycles. The maximum atomic E-state index is 12.2. The lowest BCUT2D eigenvalue weighted by atomic mass is 9.91. The third-order valence-corrected chi connectivity index (χ3v) is 3.45. The van der Waals surface area contributed by atoms with E-state index in [4.69, 9.17) is 0 Å². The molecule has 0 aromatic carbocycles. The van der Waals surface area contributed by atoms with Gasteiger partial charge in [0, 0.05) is 45.0 Å². The molecule has 1 saturated heterocycles.